The molecule has 114 valence electrons. The first-order valence-electron chi connectivity index (χ1n) is 6.06. The number of hydrogen-bond donors (Lipinski definition) is 1. The molecule has 0 bridgehead atoms. The lowest BCUT2D eigenvalue weighted by atomic mass is 10.1. The van der Waals surface area contributed by atoms with Gasteiger partial charge < -0.3 is 5.32 Å². The van der Waals surface area contributed by atoms with Crippen LogP contribution in [0.15, 0.2) is 36.4 Å². The highest BCUT2D eigenvalue weighted by Crippen LogP contribution is 2.31. The van der Waals surface area contributed by atoms with Gasteiger partial charge in [0, 0.05) is 5.56 Å². The van der Waals surface area contributed by atoms with Gasteiger partial charge in [-0.25, -0.2) is 0 Å². The maximum atomic E-state index is 12.8. The van der Waals surface area contributed by atoms with E-state index < -0.39 is 11.7 Å². The predicted octanol–water partition coefficient (Wildman–Crippen LogP) is 4.20. The molecule has 1 amide bonds. The predicted molar refractivity (Wildman–Crippen MR) is 80.0 cm³/mol. The number of benzene rings is 1. The fourth-order valence-electron chi connectivity index (χ4n) is 1.63. The normalized spacial score (nSPS) is 10.7. The summed E-state index contributed by atoms with van der Waals surface area (Å²) in [7, 11) is 0. The molecule has 0 saturated heterocycles. The lowest BCUT2D eigenvalue weighted by Gasteiger charge is -2.08. The van der Waals surface area contributed by atoms with Gasteiger partial charge in [-0.2, -0.15) is 13.2 Å². The van der Waals surface area contributed by atoms with Crippen molar-refractivity contribution in [2.24, 2.45) is 0 Å². The molecule has 2 aromatic rings. The first-order valence-corrected chi connectivity index (χ1v) is 7.26. The summed E-state index contributed by atoms with van der Waals surface area (Å²) in [5, 5.41) is 2.50. The van der Waals surface area contributed by atoms with E-state index in [1.807, 2.05) is 0 Å². The van der Waals surface area contributed by atoms with Gasteiger partial charge in [0.2, 0.25) is 0 Å². The Hall–Kier alpha value is -1.97. The number of rotatable bonds is 2. The summed E-state index contributed by atoms with van der Waals surface area (Å²) in [6, 6.07) is 8.19. The second-order valence-electron chi connectivity index (χ2n) is 4.13. The van der Waals surface area contributed by atoms with E-state index in [4.69, 9.17) is 11.6 Å². The van der Waals surface area contributed by atoms with Crippen molar-refractivity contribution in [3.8, 4) is 11.8 Å². The van der Waals surface area contributed by atoms with Crippen LogP contribution >= 0.6 is 22.9 Å². The van der Waals surface area contributed by atoms with Crippen LogP contribution in [0.25, 0.3) is 0 Å². The summed E-state index contributed by atoms with van der Waals surface area (Å²) >= 11 is 6.82. The summed E-state index contributed by atoms with van der Waals surface area (Å²) < 4.78 is 38.8. The van der Waals surface area contributed by atoms with Crippen LogP contribution in [0.5, 0.6) is 0 Å². The van der Waals surface area contributed by atoms with Crippen molar-refractivity contribution in [3.63, 3.8) is 0 Å². The molecule has 0 spiro atoms. The zero-order valence-corrected chi connectivity index (χ0v) is 12.6. The number of thiophene rings is 1. The quantitative estimate of drug-likeness (QED) is 0.813. The van der Waals surface area contributed by atoms with Crippen LogP contribution < -0.4 is 5.32 Å². The summed E-state index contributed by atoms with van der Waals surface area (Å²) in [4.78, 5) is 12.1. The van der Waals surface area contributed by atoms with E-state index >= 15 is 0 Å². The SMILES string of the molecule is O=C(NCC#Cc1ccccc1C(F)(F)F)c1ccc(Cl)s1. The average Bonchev–Trinajstić information content (AvgIpc) is 2.89. The number of alkyl halides is 3. The summed E-state index contributed by atoms with van der Waals surface area (Å²) in [5.74, 6) is 4.57. The Morgan fingerprint density at radius 3 is 2.59 bits per heavy atom. The molecule has 1 aromatic heterocycles. The molecule has 0 aliphatic carbocycles. The third-order valence-electron chi connectivity index (χ3n) is 2.59. The van der Waals surface area contributed by atoms with Gasteiger partial charge in [-0.15, -0.1) is 11.3 Å². The molecule has 0 atom stereocenters. The number of carbonyl (C=O) groups is 1. The number of nitrogens with one attached hydrogen (secondary N) is 1. The maximum Gasteiger partial charge on any atom is 0.417 e. The number of amides is 1. The molecule has 0 aliphatic rings. The molecule has 1 aromatic carbocycles. The number of halogens is 4. The minimum atomic E-state index is -4.46. The van der Waals surface area contributed by atoms with Crippen molar-refractivity contribution in [2.45, 2.75) is 6.18 Å². The second-order valence-corrected chi connectivity index (χ2v) is 5.85. The van der Waals surface area contributed by atoms with Crippen molar-refractivity contribution in [1.29, 1.82) is 0 Å². The second kappa shape index (κ2) is 6.86. The minimum Gasteiger partial charge on any atom is -0.340 e. The standard InChI is InChI=1S/C15H9ClF3NOS/c16-13-8-7-12(22-13)14(21)20-9-3-5-10-4-1-2-6-11(10)15(17,18)19/h1-2,4,6-8H,9H2,(H,20,21). The van der Waals surface area contributed by atoms with Gasteiger partial charge in [0.15, 0.2) is 0 Å². The van der Waals surface area contributed by atoms with Gasteiger partial charge in [0.25, 0.3) is 5.91 Å². The molecule has 7 heteroatoms. The molecule has 0 fully saturated rings. The van der Waals surface area contributed by atoms with E-state index in [1.165, 1.54) is 18.2 Å². The fraction of sp³-hybridized carbons (Fsp3) is 0.133. The molecule has 0 aliphatic heterocycles. The molecule has 0 radical (unpaired) electrons. The molecule has 22 heavy (non-hydrogen) atoms. The molecule has 1 heterocycles. The Kier molecular flexibility index (Phi) is 5.11. The van der Waals surface area contributed by atoms with Crippen LogP contribution in [0.1, 0.15) is 20.8 Å². The largest absolute Gasteiger partial charge is 0.417 e. The average molecular weight is 344 g/mol. The highest BCUT2D eigenvalue weighted by atomic mass is 35.5. The van der Waals surface area contributed by atoms with E-state index in [1.54, 1.807) is 12.1 Å². The topological polar surface area (TPSA) is 29.1 Å². The van der Waals surface area contributed by atoms with Crippen LogP contribution in [-0.2, 0) is 6.18 Å². The number of carbonyl (C=O) groups excluding carboxylic acids is 1. The molecule has 1 N–H and O–H groups in total. The van der Waals surface area contributed by atoms with E-state index in [9.17, 15) is 18.0 Å². The molecule has 2 rings (SSSR count). The van der Waals surface area contributed by atoms with Crippen molar-refractivity contribution in [2.75, 3.05) is 6.54 Å². The van der Waals surface area contributed by atoms with Gasteiger partial charge in [-0.1, -0.05) is 35.6 Å². The van der Waals surface area contributed by atoms with Gasteiger partial charge in [0.05, 0.1) is 21.3 Å². The van der Waals surface area contributed by atoms with Gasteiger partial charge in [-0.05, 0) is 24.3 Å². The van der Waals surface area contributed by atoms with Gasteiger partial charge in [0.1, 0.15) is 0 Å². The minimum absolute atomic E-state index is 0.0550. The zero-order chi connectivity index (χ0) is 16.2. The monoisotopic (exact) mass is 343 g/mol. The Balaban J connectivity index is 2.02. The highest BCUT2D eigenvalue weighted by molar-refractivity contribution is 7.17. The zero-order valence-electron chi connectivity index (χ0n) is 11.0. The van der Waals surface area contributed by atoms with E-state index in [-0.39, 0.29) is 18.0 Å². The van der Waals surface area contributed by atoms with Gasteiger partial charge in [-0.3, -0.25) is 4.79 Å². The summed E-state index contributed by atoms with van der Waals surface area (Å²) in [5.41, 5.74) is -0.915. The van der Waals surface area contributed by atoms with Gasteiger partial charge >= 0.3 is 6.18 Å². The Morgan fingerprint density at radius 2 is 1.95 bits per heavy atom. The van der Waals surface area contributed by atoms with Crippen LogP contribution in [0.4, 0.5) is 13.2 Å². The van der Waals surface area contributed by atoms with Crippen molar-refractivity contribution >= 4 is 28.8 Å². The van der Waals surface area contributed by atoms with Crippen LogP contribution in [-0.4, -0.2) is 12.5 Å². The van der Waals surface area contributed by atoms with Crippen LogP contribution in [0.2, 0.25) is 4.34 Å². The lowest BCUT2D eigenvalue weighted by molar-refractivity contribution is -0.137. The molecule has 0 unspecified atom stereocenters. The first kappa shape index (κ1) is 16.4. The Bertz CT molecular complexity index is 743. The van der Waals surface area contributed by atoms with Crippen LogP contribution in [0.3, 0.4) is 0 Å². The third kappa shape index (κ3) is 4.26. The summed E-state index contributed by atoms with van der Waals surface area (Å²) in [6.45, 7) is -0.0550. The molecular weight excluding hydrogens is 335 g/mol. The van der Waals surface area contributed by atoms with Crippen LogP contribution in [0, 0.1) is 11.8 Å². The smallest absolute Gasteiger partial charge is 0.340 e. The van der Waals surface area contributed by atoms with Crippen molar-refractivity contribution in [3.05, 3.63) is 56.7 Å². The Morgan fingerprint density at radius 1 is 1.23 bits per heavy atom. The first-order chi connectivity index (χ1) is 10.4. The third-order valence-corrected chi connectivity index (χ3v) is 3.82. The van der Waals surface area contributed by atoms with E-state index in [0.29, 0.717) is 9.21 Å². The van der Waals surface area contributed by atoms with Crippen molar-refractivity contribution < 1.29 is 18.0 Å². The number of hydrogen-bond acceptors (Lipinski definition) is 2. The van der Waals surface area contributed by atoms with Crippen molar-refractivity contribution in [1.82, 2.24) is 5.32 Å². The highest BCUT2D eigenvalue weighted by Gasteiger charge is 2.32. The molecule has 0 saturated carbocycles. The molecule has 2 nitrogen and oxygen atoms in total. The lowest BCUT2D eigenvalue weighted by Crippen LogP contribution is -2.22. The Labute approximate surface area is 133 Å². The maximum absolute atomic E-state index is 12.8. The van der Waals surface area contributed by atoms with E-state index in [2.05, 4.69) is 17.2 Å². The van der Waals surface area contributed by atoms with E-state index in [0.717, 1.165) is 17.4 Å². The molecular formula is C15H9ClF3NOS. The fourth-order valence-corrected chi connectivity index (χ4v) is 2.59. The summed E-state index contributed by atoms with van der Waals surface area (Å²) in [6.07, 6.45) is -4.46.